The van der Waals surface area contributed by atoms with E-state index in [2.05, 4.69) is 0 Å². The second kappa shape index (κ2) is 26.6. The number of benzene rings is 7. The van der Waals surface area contributed by atoms with Crippen molar-refractivity contribution in [1.29, 1.82) is 0 Å². The minimum absolute atomic E-state index is 0.0195. The summed E-state index contributed by atoms with van der Waals surface area (Å²) in [5, 5.41) is 12.6. The molecular weight excluding hydrogens is 1110 g/mol. The van der Waals surface area contributed by atoms with Gasteiger partial charge in [-0.1, -0.05) is 176 Å². The van der Waals surface area contributed by atoms with Gasteiger partial charge in [-0.3, -0.25) is 0 Å². The second-order valence-electron chi connectivity index (χ2n) is 21.4. The van der Waals surface area contributed by atoms with Gasteiger partial charge >= 0.3 is 17.9 Å². The second-order valence-corrected chi connectivity index (χ2v) is 21.4. The van der Waals surface area contributed by atoms with Crippen LogP contribution in [0.4, 0.5) is 0 Å². The molecule has 6 fully saturated rings. The zero-order chi connectivity index (χ0) is 58.3. The fourth-order valence-corrected chi connectivity index (χ4v) is 11.4. The smallest absolute Gasteiger partial charge is 0.338 e. The predicted molar refractivity (Wildman–Crippen MR) is 300 cm³/mol. The van der Waals surface area contributed by atoms with E-state index in [9.17, 15) is 19.5 Å². The summed E-state index contributed by atoms with van der Waals surface area (Å²) in [6, 6.07) is 62.0. The van der Waals surface area contributed by atoms with Crippen LogP contribution in [-0.2, 0) is 77.7 Å². The predicted octanol–water partition coefficient (Wildman–Crippen LogP) is 8.53. The average Bonchev–Trinajstić information content (AvgIpc) is 1.65. The van der Waals surface area contributed by atoms with Gasteiger partial charge in [0.15, 0.2) is 56.1 Å². The van der Waals surface area contributed by atoms with E-state index in [0.29, 0.717) is 16.7 Å². The largest absolute Gasteiger partial charge is 0.450 e. The van der Waals surface area contributed by atoms with Crippen molar-refractivity contribution in [3.05, 3.63) is 251 Å². The van der Waals surface area contributed by atoms with Crippen molar-refractivity contribution < 1.29 is 90.5 Å². The number of esters is 3. The molecule has 13 rings (SSSR count). The van der Waals surface area contributed by atoms with E-state index >= 15 is 0 Å². The maximum atomic E-state index is 14.9. The summed E-state index contributed by atoms with van der Waals surface area (Å²) in [4.78, 5) is 43.6. The van der Waals surface area contributed by atoms with Crippen molar-refractivity contribution >= 4 is 17.9 Å². The van der Waals surface area contributed by atoms with E-state index in [-0.39, 0.29) is 43.1 Å². The minimum atomic E-state index is -1.67. The molecule has 0 spiro atoms. The highest BCUT2D eigenvalue weighted by Crippen LogP contribution is 2.44. The molecule has 19 heteroatoms. The average molecular weight is 1170 g/mol. The number of carbonyl (C=O) groups is 3. The van der Waals surface area contributed by atoms with Gasteiger partial charge in [0.05, 0.1) is 43.1 Å². The third-order valence-corrected chi connectivity index (χ3v) is 15.7. The summed E-state index contributed by atoms with van der Waals surface area (Å²) in [6.45, 7) is -0.231. The minimum Gasteiger partial charge on any atom is -0.450 e. The van der Waals surface area contributed by atoms with Crippen LogP contribution in [0.3, 0.4) is 0 Å². The SMILES string of the molecule is O=C(OC1[C@H](O[C@@H]2C(OC(=O)c3ccccc3)[C@H](O[C@@H]3C(OC(=O)c4ccccc4)[C@H](OCc4ccccc4)OC4COC(c5ccccc5)O[C@H]43)OC3COC(c4ccccc4)O[C@H]32)OC2COC(c3ccccc3)O[C@H]2[C@@H]1O)c1ccccc1. The number of hydrogen-bond acceptors (Lipinski definition) is 19. The summed E-state index contributed by atoms with van der Waals surface area (Å²) in [5.41, 5.74) is 3.36. The molecule has 0 aliphatic carbocycles. The Labute approximate surface area is 495 Å². The lowest BCUT2D eigenvalue weighted by atomic mass is 9.94. The van der Waals surface area contributed by atoms with E-state index in [1.807, 2.05) is 121 Å². The summed E-state index contributed by atoms with van der Waals surface area (Å²) < 4.78 is 100. The summed E-state index contributed by atoms with van der Waals surface area (Å²) in [6.07, 6.45) is -23.1. The molecule has 86 heavy (non-hydrogen) atoms. The van der Waals surface area contributed by atoms with E-state index in [4.69, 9.17) is 71.1 Å². The zero-order valence-corrected chi connectivity index (χ0v) is 46.2. The third kappa shape index (κ3) is 12.8. The maximum Gasteiger partial charge on any atom is 0.338 e. The molecule has 6 aliphatic heterocycles. The van der Waals surface area contributed by atoms with Crippen molar-refractivity contribution in [1.82, 2.24) is 0 Å². The normalized spacial score (nSPS) is 32.2. The molecule has 0 saturated carbocycles. The highest BCUT2D eigenvalue weighted by Gasteiger charge is 2.61. The Morgan fingerprint density at radius 1 is 0.360 bits per heavy atom. The van der Waals surface area contributed by atoms with Gasteiger partial charge in [-0.05, 0) is 42.0 Å². The third-order valence-electron chi connectivity index (χ3n) is 15.7. The Kier molecular flexibility index (Phi) is 17.8. The van der Waals surface area contributed by atoms with Crippen LogP contribution in [0.5, 0.6) is 0 Å². The van der Waals surface area contributed by atoms with Crippen LogP contribution in [0.15, 0.2) is 212 Å². The van der Waals surface area contributed by atoms with E-state index in [1.165, 1.54) is 0 Å². The van der Waals surface area contributed by atoms with Gasteiger partial charge in [0, 0.05) is 16.7 Å². The maximum absolute atomic E-state index is 14.9. The fraction of sp³-hybridized carbons (Fsp3) is 0.328. The fourth-order valence-electron chi connectivity index (χ4n) is 11.4. The van der Waals surface area contributed by atoms with Crippen LogP contribution in [0, 0.1) is 0 Å². The molecule has 1 N–H and O–H groups in total. The molecule has 7 aromatic carbocycles. The topological polar surface area (TPSA) is 210 Å². The number of ether oxygens (including phenoxy) is 15. The molecule has 0 radical (unpaired) electrons. The van der Waals surface area contributed by atoms with Crippen molar-refractivity contribution in [3.8, 4) is 0 Å². The Hall–Kier alpha value is -7.57. The van der Waals surface area contributed by atoms with Gasteiger partial charge < -0.3 is 76.2 Å². The molecular formula is C67H62O19. The van der Waals surface area contributed by atoms with Gasteiger partial charge in [-0.2, -0.15) is 0 Å². The van der Waals surface area contributed by atoms with Gasteiger partial charge in [-0.25, -0.2) is 14.4 Å². The first-order valence-corrected chi connectivity index (χ1v) is 28.6. The van der Waals surface area contributed by atoms with Crippen molar-refractivity contribution in [2.24, 2.45) is 0 Å². The summed E-state index contributed by atoms with van der Waals surface area (Å²) >= 11 is 0. The lowest BCUT2D eigenvalue weighted by molar-refractivity contribution is -0.420. The molecule has 444 valence electrons. The van der Waals surface area contributed by atoms with Crippen LogP contribution >= 0.6 is 0 Å². The number of rotatable bonds is 16. The molecule has 0 bridgehead atoms. The van der Waals surface area contributed by atoms with Crippen LogP contribution in [0.25, 0.3) is 0 Å². The van der Waals surface area contributed by atoms with Crippen LogP contribution in [0.1, 0.15) is 72.2 Å². The van der Waals surface area contributed by atoms with Gasteiger partial charge in [0.1, 0.15) is 54.9 Å². The number of aliphatic hydroxyl groups is 1. The van der Waals surface area contributed by atoms with Crippen molar-refractivity contribution in [2.75, 3.05) is 19.8 Å². The Morgan fingerprint density at radius 2 is 0.674 bits per heavy atom. The number of fused-ring (bicyclic) bond motifs is 3. The molecule has 0 amide bonds. The first kappa shape index (κ1) is 57.5. The molecule has 9 unspecified atom stereocenters. The van der Waals surface area contributed by atoms with E-state index in [0.717, 1.165) is 5.56 Å². The van der Waals surface area contributed by atoms with E-state index in [1.54, 1.807) is 91.0 Å². The lowest BCUT2D eigenvalue weighted by Gasteiger charge is -2.53. The molecule has 6 heterocycles. The number of hydrogen-bond donors (Lipinski definition) is 1. The first-order valence-electron chi connectivity index (χ1n) is 28.6. The van der Waals surface area contributed by atoms with Crippen LogP contribution in [0.2, 0.25) is 0 Å². The summed E-state index contributed by atoms with van der Waals surface area (Å²) in [7, 11) is 0. The molecule has 7 aromatic rings. The lowest BCUT2D eigenvalue weighted by Crippen LogP contribution is -2.70. The van der Waals surface area contributed by atoms with Gasteiger partial charge in [0.2, 0.25) is 0 Å². The summed E-state index contributed by atoms with van der Waals surface area (Å²) in [5.74, 6) is -2.36. The highest BCUT2D eigenvalue weighted by atomic mass is 16.8. The van der Waals surface area contributed by atoms with Gasteiger partial charge in [-0.15, -0.1) is 0 Å². The number of carbonyl (C=O) groups excluding carboxylic acids is 3. The Bertz CT molecular complexity index is 3320. The zero-order valence-electron chi connectivity index (χ0n) is 46.2. The molecule has 0 aromatic heterocycles. The highest BCUT2D eigenvalue weighted by molar-refractivity contribution is 5.90. The monoisotopic (exact) mass is 1170 g/mol. The molecule has 19 nitrogen and oxygen atoms in total. The first-order chi connectivity index (χ1) is 42.3. The standard InChI is InChI=1S/C67H62O19/c68-50-51-47(37-73-62(82-51)44-30-16-5-17-31-44)77-66(54(50)79-59(69)41-24-10-2-11-25-41)85-56-53-49(39-75-64(84-53)46-34-20-7-21-35-46)78-67(58(56)81-61(71)43-28-14-4-15-29-43)86-55-52-48(38-74-63(83-52)45-32-18-6-19-33-45)76-65(72-36-40-22-8-1-9-23-40)57(55)80-60(70)42-26-12-3-13-27-42/h1-35,47-58,62-68H,36-39H2/t47?,48?,49?,50-,51+,52+,53+,54?,55-,56-,57?,58?,62?,63?,64?,65+,66-,67-/m0/s1. The van der Waals surface area contributed by atoms with Crippen LogP contribution in [-0.4, -0.2) is 135 Å². The van der Waals surface area contributed by atoms with Crippen molar-refractivity contribution in [2.45, 2.75) is 118 Å². The Morgan fingerprint density at radius 3 is 1.08 bits per heavy atom. The van der Waals surface area contributed by atoms with Crippen LogP contribution < -0.4 is 0 Å². The number of aliphatic hydroxyl groups excluding tert-OH is 1. The van der Waals surface area contributed by atoms with Crippen molar-refractivity contribution in [3.63, 3.8) is 0 Å². The molecule has 6 aliphatic rings. The van der Waals surface area contributed by atoms with Gasteiger partial charge in [0.25, 0.3) is 0 Å². The Balaban J connectivity index is 0.911. The molecule has 18 atom stereocenters. The quantitative estimate of drug-likeness (QED) is 0.0710. The molecule has 6 saturated heterocycles. The van der Waals surface area contributed by atoms with E-state index < -0.39 is 129 Å².